The Morgan fingerprint density at radius 2 is 2.05 bits per heavy atom. The molecule has 1 atom stereocenters. The van der Waals surface area contributed by atoms with Crippen molar-refractivity contribution >= 4 is 15.9 Å². The van der Waals surface area contributed by atoms with E-state index < -0.39 is 11.6 Å². The van der Waals surface area contributed by atoms with E-state index in [1.165, 1.54) is 18.2 Å². The van der Waals surface area contributed by atoms with Gasteiger partial charge in [0.1, 0.15) is 5.82 Å². The fourth-order valence-corrected chi connectivity index (χ4v) is 2.59. The number of rotatable bonds is 1. The summed E-state index contributed by atoms with van der Waals surface area (Å²) in [5.41, 5.74) is 0.506. The van der Waals surface area contributed by atoms with Crippen LogP contribution in [-0.4, -0.2) is 0 Å². The molecule has 0 aliphatic carbocycles. The van der Waals surface area contributed by atoms with Crippen molar-refractivity contribution in [3.8, 4) is 17.6 Å². The van der Waals surface area contributed by atoms with Crippen LogP contribution in [-0.2, 0) is 5.79 Å². The number of ether oxygens (including phenoxy) is 2. The average Bonchev–Trinajstić information content (AvgIpc) is 2.77. The normalized spacial score (nSPS) is 19.7. The quantitative estimate of drug-likeness (QED) is 0.788. The largest absolute Gasteiger partial charge is 0.444 e. The molecule has 20 heavy (non-hydrogen) atoms. The summed E-state index contributed by atoms with van der Waals surface area (Å²) in [5.74, 6) is -0.690. The summed E-state index contributed by atoms with van der Waals surface area (Å²) in [6, 6.07) is 11.5. The minimum atomic E-state index is -1.25. The number of hydrogen-bond donors (Lipinski definition) is 0. The first-order valence-corrected chi connectivity index (χ1v) is 6.69. The number of fused-ring (bicyclic) bond motifs is 1. The molecule has 1 aliphatic heterocycles. The van der Waals surface area contributed by atoms with Gasteiger partial charge >= 0.3 is 0 Å². The molecule has 0 aromatic heterocycles. The van der Waals surface area contributed by atoms with Crippen LogP contribution in [0.5, 0.6) is 11.5 Å². The molecule has 2 aromatic carbocycles. The van der Waals surface area contributed by atoms with Gasteiger partial charge in [0.25, 0.3) is 5.79 Å². The second-order valence-electron chi connectivity index (χ2n) is 4.52. The summed E-state index contributed by atoms with van der Waals surface area (Å²) >= 11 is 3.37. The Labute approximate surface area is 123 Å². The predicted molar refractivity (Wildman–Crippen MR) is 73.9 cm³/mol. The number of para-hydroxylation sites is 1. The molecular formula is C15H9BrFNO2. The maximum Gasteiger partial charge on any atom is 0.278 e. The Kier molecular flexibility index (Phi) is 2.91. The topological polar surface area (TPSA) is 42.2 Å². The summed E-state index contributed by atoms with van der Waals surface area (Å²) in [5, 5.41) is 8.78. The molecule has 0 fully saturated rings. The Morgan fingerprint density at radius 3 is 2.70 bits per heavy atom. The van der Waals surface area contributed by atoms with E-state index in [0.717, 1.165) is 4.47 Å². The maximum absolute atomic E-state index is 14.1. The van der Waals surface area contributed by atoms with Gasteiger partial charge in [-0.05, 0) is 46.3 Å². The number of nitrogens with zero attached hydrogens (tertiary/aromatic N) is 1. The van der Waals surface area contributed by atoms with Gasteiger partial charge in [-0.1, -0.05) is 6.07 Å². The van der Waals surface area contributed by atoms with Crippen molar-refractivity contribution in [3.63, 3.8) is 0 Å². The van der Waals surface area contributed by atoms with Gasteiger partial charge in [0.15, 0.2) is 11.5 Å². The molecule has 1 aliphatic rings. The number of hydrogen-bond acceptors (Lipinski definition) is 3. The molecule has 0 saturated heterocycles. The molecular weight excluding hydrogens is 325 g/mol. The third kappa shape index (κ3) is 1.93. The first-order chi connectivity index (χ1) is 9.53. The Bertz CT molecular complexity index is 741. The molecule has 0 amide bonds. The molecule has 5 heteroatoms. The van der Waals surface area contributed by atoms with E-state index in [0.29, 0.717) is 11.5 Å². The fraction of sp³-hybridized carbons (Fsp3) is 0.133. The SMILES string of the molecule is C[C@]1(c2ccc(C#N)cc2F)Oc2cccc(Br)c2O1. The van der Waals surface area contributed by atoms with Crippen molar-refractivity contribution in [2.24, 2.45) is 0 Å². The fourth-order valence-electron chi connectivity index (χ4n) is 2.16. The minimum absolute atomic E-state index is 0.250. The highest BCUT2D eigenvalue weighted by Crippen LogP contribution is 2.48. The van der Waals surface area contributed by atoms with E-state index in [2.05, 4.69) is 15.9 Å². The van der Waals surface area contributed by atoms with Crippen LogP contribution in [0.25, 0.3) is 0 Å². The van der Waals surface area contributed by atoms with Crippen LogP contribution >= 0.6 is 15.9 Å². The Hall–Kier alpha value is -2.06. The lowest BCUT2D eigenvalue weighted by Crippen LogP contribution is -2.32. The van der Waals surface area contributed by atoms with Crippen LogP contribution in [0.2, 0.25) is 0 Å². The minimum Gasteiger partial charge on any atom is -0.444 e. The van der Waals surface area contributed by atoms with Gasteiger partial charge in [-0.25, -0.2) is 4.39 Å². The van der Waals surface area contributed by atoms with Crippen LogP contribution in [0.3, 0.4) is 0 Å². The number of nitriles is 1. The highest BCUT2D eigenvalue weighted by Gasteiger charge is 2.41. The maximum atomic E-state index is 14.1. The van der Waals surface area contributed by atoms with Crippen LogP contribution < -0.4 is 9.47 Å². The highest BCUT2D eigenvalue weighted by atomic mass is 79.9. The molecule has 100 valence electrons. The van der Waals surface area contributed by atoms with E-state index in [1.54, 1.807) is 13.0 Å². The first-order valence-electron chi connectivity index (χ1n) is 5.90. The molecule has 0 N–H and O–H groups in total. The van der Waals surface area contributed by atoms with Crippen molar-refractivity contribution in [1.29, 1.82) is 5.26 Å². The zero-order valence-electron chi connectivity index (χ0n) is 10.5. The molecule has 2 aromatic rings. The van der Waals surface area contributed by atoms with Gasteiger partial charge in [-0.15, -0.1) is 0 Å². The van der Waals surface area contributed by atoms with E-state index in [1.807, 2.05) is 18.2 Å². The number of benzene rings is 2. The summed E-state index contributed by atoms with van der Waals surface area (Å²) in [7, 11) is 0. The molecule has 3 nitrogen and oxygen atoms in total. The van der Waals surface area contributed by atoms with E-state index >= 15 is 0 Å². The third-order valence-corrected chi connectivity index (χ3v) is 3.74. The molecule has 0 spiro atoms. The van der Waals surface area contributed by atoms with E-state index in [4.69, 9.17) is 14.7 Å². The molecule has 0 bridgehead atoms. The lowest BCUT2D eigenvalue weighted by Gasteiger charge is -2.24. The van der Waals surface area contributed by atoms with Gasteiger partial charge < -0.3 is 9.47 Å². The lowest BCUT2D eigenvalue weighted by molar-refractivity contribution is -0.0709. The van der Waals surface area contributed by atoms with E-state index in [9.17, 15) is 4.39 Å². The molecule has 3 rings (SSSR count). The zero-order chi connectivity index (χ0) is 14.3. The number of halogens is 2. The molecule has 0 radical (unpaired) electrons. The summed E-state index contributed by atoms with van der Waals surface area (Å²) < 4.78 is 26.4. The van der Waals surface area contributed by atoms with Crippen molar-refractivity contribution in [3.05, 3.63) is 57.8 Å². The summed E-state index contributed by atoms with van der Waals surface area (Å²) in [6.45, 7) is 1.64. The second-order valence-corrected chi connectivity index (χ2v) is 5.38. The van der Waals surface area contributed by atoms with Gasteiger partial charge in [0.2, 0.25) is 0 Å². The second kappa shape index (κ2) is 4.50. The van der Waals surface area contributed by atoms with Crippen LogP contribution in [0, 0.1) is 17.1 Å². The monoisotopic (exact) mass is 333 g/mol. The average molecular weight is 334 g/mol. The van der Waals surface area contributed by atoms with Crippen LogP contribution in [0.15, 0.2) is 40.9 Å². The van der Waals surface area contributed by atoms with Crippen LogP contribution in [0.1, 0.15) is 18.1 Å². The van der Waals surface area contributed by atoms with E-state index in [-0.39, 0.29) is 11.1 Å². The molecule has 0 saturated carbocycles. The van der Waals surface area contributed by atoms with Gasteiger partial charge in [-0.3, -0.25) is 0 Å². The Morgan fingerprint density at radius 1 is 1.25 bits per heavy atom. The highest BCUT2D eigenvalue weighted by molar-refractivity contribution is 9.10. The lowest BCUT2D eigenvalue weighted by atomic mass is 10.0. The van der Waals surface area contributed by atoms with Gasteiger partial charge in [-0.2, -0.15) is 5.26 Å². The first kappa shape index (κ1) is 12.9. The molecule has 1 heterocycles. The van der Waals surface area contributed by atoms with Gasteiger partial charge in [0, 0.05) is 6.92 Å². The summed E-state index contributed by atoms with van der Waals surface area (Å²) in [4.78, 5) is 0. The van der Waals surface area contributed by atoms with Crippen molar-refractivity contribution < 1.29 is 13.9 Å². The molecule has 0 unspecified atom stereocenters. The third-order valence-electron chi connectivity index (χ3n) is 3.12. The Balaban J connectivity index is 2.05. The van der Waals surface area contributed by atoms with Crippen molar-refractivity contribution in [2.45, 2.75) is 12.7 Å². The zero-order valence-corrected chi connectivity index (χ0v) is 12.1. The van der Waals surface area contributed by atoms with Gasteiger partial charge in [0.05, 0.1) is 21.7 Å². The van der Waals surface area contributed by atoms with Crippen LogP contribution in [0.4, 0.5) is 4.39 Å². The predicted octanol–water partition coefficient (Wildman–Crippen LogP) is 4.10. The van der Waals surface area contributed by atoms with Crippen molar-refractivity contribution in [1.82, 2.24) is 0 Å². The summed E-state index contributed by atoms with van der Waals surface area (Å²) in [6.07, 6.45) is 0. The smallest absolute Gasteiger partial charge is 0.278 e. The standard InChI is InChI=1S/C15H9BrFNO2/c1-15(10-6-5-9(8-18)7-12(10)17)19-13-4-2-3-11(16)14(13)20-15/h2-7H,1H3/t15-/m0/s1. The van der Waals surface area contributed by atoms with Crippen molar-refractivity contribution in [2.75, 3.05) is 0 Å².